The SMILES string of the molecule is O=C(NCCCCCCN1CCSC1)c1ccccc1[N+](=O)[O-]. The summed E-state index contributed by atoms with van der Waals surface area (Å²) >= 11 is 1.99. The highest BCUT2D eigenvalue weighted by atomic mass is 32.2. The van der Waals surface area contributed by atoms with Crippen molar-refractivity contribution >= 4 is 23.4 Å². The summed E-state index contributed by atoms with van der Waals surface area (Å²) in [5, 5.41) is 13.7. The summed E-state index contributed by atoms with van der Waals surface area (Å²) < 4.78 is 0. The number of benzene rings is 1. The second kappa shape index (κ2) is 9.52. The fourth-order valence-corrected chi connectivity index (χ4v) is 3.60. The van der Waals surface area contributed by atoms with Crippen molar-refractivity contribution in [2.45, 2.75) is 25.7 Å². The van der Waals surface area contributed by atoms with Gasteiger partial charge in [0.25, 0.3) is 11.6 Å². The zero-order valence-electron chi connectivity index (χ0n) is 13.2. The molecular formula is C16H23N3O3S. The molecule has 0 aliphatic carbocycles. The standard InChI is InChI=1S/C16H23N3O3S/c20-16(14-7-3-4-8-15(14)19(21)22)17-9-5-1-2-6-10-18-11-12-23-13-18/h3-4,7-8H,1-2,5-6,9-13H2,(H,17,20). The molecule has 1 aliphatic rings. The lowest BCUT2D eigenvalue weighted by Crippen LogP contribution is -2.25. The van der Waals surface area contributed by atoms with Crippen molar-refractivity contribution in [2.24, 2.45) is 0 Å². The highest BCUT2D eigenvalue weighted by Crippen LogP contribution is 2.17. The predicted octanol–water partition coefficient (Wildman–Crippen LogP) is 2.89. The minimum Gasteiger partial charge on any atom is -0.352 e. The molecule has 0 aromatic heterocycles. The van der Waals surface area contributed by atoms with E-state index in [2.05, 4.69) is 10.2 Å². The molecule has 1 saturated heterocycles. The first-order chi connectivity index (χ1) is 11.2. The van der Waals surface area contributed by atoms with E-state index in [0.29, 0.717) is 6.54 Å². The number of nitro groups is 1. The lowest BCUT2D eigenvalue weighted by atomic mass is 10.1. The molecule has 23 heavy (non-hydrogen) atoms. The van der Waals surface area contributed by atoms with Crippen molar-refractivity contribution in [1.29, 1.82) is 0 Å². The molecule has 0 atom stereocenters. The van der Waals surface area contributed by atoms with Crippen LogP contribution in [0.15, 0.2) is 24.3 Å². The molecule has 126 valence electrons. The van der Waals surface area contributed by atoms with Crippen molar-refractivity contribution in [2.75, 3.05) is 31.3 Å². The summed E-state index contributed by atoms with van der Waals surface area (Å²) in [4.78, 5) is 24.9. The van der Waals surface area contributed by atoms with Crippen LogP contribution >= 0.6 is 11.8 Å². The largest absolute Gasteiger partial charge is 0.352 e. The number of hydrogen-bond acceptors (Lipinski definition) is 5. The van der Waals surface area contributed by atoms with Crippen LogP contribution in [0.3, 0.4) is 0 Å². The average molecular weight is 337 g/mol. The number of nitro benzene ring substituents is 1. The van der Waals surface area contributed by atoms with Gasteiger partial charge in [-0.15, -0.1) is 11.8 Å². The number of carbonyl (C=O) groups is 1. The summed E-state index contributed by atoms with van der Waals surface area (Å²) in [6.07, 6.45) is 4.32. The Balaban J connectivity index is 1.60. The first kappa shape index (κ1) is 17.7. The third kappa shape index (κ3) is 5.84. The molecule has 1 N–H and O–H groups in total. The van der Waals surface area contributed by atoms with Crippen LogP contribution in [0.5, 0.6) is 0 Å². The quantitative estimate of drug-likeness (QED) is 0.426. The molecule has 0 bridgehead atoms. The highest BCUT2D eigenvalue weighted by molar-refractivity contribution is 7.99. The Morgan fingerprint density at radius 1 is 1.26 bits per heavy atom. The molecule has 1 fully saturated rings. The maximum absolute atomic E-state index is 12.0. The van der Waals surface area contributed by atoms with E-state index in [-0.39, 0.29) is 17.2 Å². The first-order valence-electron chi connectivity index (χ1n) is 8.00. The fraction of sp³-hybridized carbons (Fsp3) is 0.562. The molecule has 0 radical (unpaired) electrons. The highest BCUT2D eigenvalue weighted by Gasteiger charge is 2.18. The Hall–Kier alpha value is -1.60. The maximum Gasteiger partial charge on any atom is 0.282 e. The summed E-state index contributed by atoms with van der Waals surface area (Å²) in [7, 11) is 0. The minimum atomic E-state index is -0.522. The van der Waals surface area contributed by atoms with E-state index in [1.54, 1.807) is 12.1 Å². The Labute approximate surface area is 140 Å². The molecule has 6 nitrogen and oxygen atoms in total. The molecule has 1 amide bonds. The van der Waals surface area contributed by atoms with E-state index in [9.17, 15) is 14.9 Å². The third-order valence-electron chi connectivity index (χ3n) is 3.86. The maximum atomic E-state index is 12.0. The second-order valence-electron chi connectivity index (χ2n) is 5.60. The van der Waals surface area contributed by atoms with E-state index in [4.69, 9.17) is 0 Å². The Kier molecular flexibility index (Phi) is 7.35. The van der Waals surface area contributed by atoms with Gasteiger partial charge in [0.1, 0.15) is 5.56 Å². The third-order valence-corrected chi connectivity index (χ3v) is 4.88. The van der Waals surface area contributed by atoms with Gasteiger partial charge in [0.2, 0.25) is 0 Å². The van der Waals surface area contributed by atoms with Crippen LogP contribution in [0.25, 0.3) is 0 Å². The van der Waals surface area contributed by atoms with Gasteiger partial charge in [-0.3, -0.25) is 19.8 Å². The molecule has 1 heterocycles. The van der Waals surface area contributed by atoms with Crippen LogP contribution in [0.2, 0.25) is 0 Å². The number of thioether (sulfide) groups is 1. The van der Waals surface area contributed by atoms with Crippen LogP contribution < -0.4 is 5.32 Å². The number of carbonyl (C=O) groups excluding carboxylic acids is 1. The Bertz CT molecular complexity index is 533. The molecule has 1 aromatic carbocycles. The van der Waals surface area contributed by atoms with Gasteiger partial charge in [0.05, 0.1) is 4.92 Å². The number of amides is 1. The molecule has 7 heteroatoms. The van der Waals surface area contributed by atoms with Gasteiger partial charge in [-0.25, -0.2) is 0 Å². The van der Waals surface area contributed by atoms with E-state index in [0.717, 1.165) is 31.7 Å². The topological polar surface area (TPSA) is 75.5 Å². The van der Waals surface area contributed by atoms with Crippen LogP contribution in [0.1, 0.15) is 36.0 Å². The Morgan fingerprint density at radius 3 is 2.78 bits per heavy atom. The van der Waals surface area contributed by atoms with Crippen molar-refractivity contribution < 1.29 is 9.72 Å². The van der Waals surface area contributed by atoms with Gasteiger partial charge in [-0.2, -0.15) is 0 Å². The lowest BCUT2D eigenvalue weighted by Gasteiger charge is -2.12. The minimum absolute atomic E-state index is 0.129. The van der Waals surface area contributed by atoms with Crippen molar-refractivity contribution in [1.82, 2.24) is 10.2 Å². The van der Waals surface area contributed by atoms with E-state index in [1.807, 2.05) is 11.8 Å². The molecule has 1 aromatic rings. The van der Waals surface area contributed by atoms with E-state index >= 15 is 0 Å². The van der Waals surface area contributed by atoms with Gasteiger partial charge >= 0.3 is 0 Å². The van der Waals surface area contributed by atoms with Crippen molar-refractivity contribution in [3.8, 4) is 0 Å². The van der Waals surface area contributed by atoms with E-state index in [1.165, 1.54) is 30.9 Å². The van der Waals surface area contributed by atoms with E-state index < -0.39 is 4.92 Å². The smallest absolute Gasteiger partial charge is 0.282 e. The van der Waals surface area contributed by atoms with Gasteiger partial charge in [-0.1, -0.05) is 25.0 Å². The van der Waals surface area contributed by atoms with Gasteiger partial charge < -0.3 is 5.32 Å². The number of para-hydroxylation sites is 1. The zero-order valence-corrected chi connectivity index (χ0v) is 14.0. The number of rotatable bonds is 9. The summed E-state index contributed by atoms with van der Waals surface area (Å²) in [6.45, 7) is 2.93. The Morgan fingerprint density at radius 2 is 2.04 bits per heavy atom. The van der Waals surface area contributed by atoms with Crippen LogP contribution in [-0.4, -0.2) is 47.0 Å². The normalized spacial score (nSPS) is 14.8. The van der Waals surface area contributed by atoms with Crippen LogP contribution in [-0.2, 0) is 0 Å². The molecule has 2 rings (SSSR count). The lowest BCUT2D eigenvalue weighted by molar-refractivity contribution is -0.385. The first-order valence-corrected chi connectivity index (χ1v) is 9.15. The van der Waals surface area contributed by atoms with Crippen molar-refractivity contribution in [3.05, 3.63) is 39.9 Å². The molecular weight excluding hydrogens is 314 g/mol. The zero-order chi connectivity index (χ0) is 16.5. The number of nitrogens with zero attached hydrogens (tertiary/aromatic N) is 2. The summed E-state index contributed by atoms with van der Waals surface area (Å²) in [5.41, 5.74) is -0.0162. The molecule has 1 aliphatic heterocycles. The monoisotopic (exact) mass is 337 g/mol. The number of nitrogens with one attached hydrogen (secondary N) is 1. The summed E-state index contributed by atoms with van der Waals surface area (Å²) in [5.74, 6) is 2.04. The summed E-state index contributed by atoms with van der Waals surface area (Å²) in [6, 6.07) is 6.04. The molecule has 0 spiro atoms. The second-order valence-corrected chi connectivity index (χ2v) is 6.67. The number of hydrogen-bond donors (Lipinski definition) is 1. The van der Waals surface area contributed by atoms with Gasteiger partial charge in [0, 0.05) is 30.8 Å². The number of unbranched alkanes of at least 4 members (excludes halogenated alkanes) is 3. The molecule has 0 unspecified atom stereocenters. The van der Waals surface area contributed by atoms with Gasteiger partial charge in [-0.05, 0) is 25.5 Å². The van der Waals surface area contributed by atoms with Gasteiger partial charge in [0.15, 0.2) is 0 Å². The fourth-order valence-electron chi connectivity index (χ4n) is 2.56. The van der Waals surface area contributed by atoms with Crippen LogP contribution in [0, 0.1) is 10.1 Å². The average Bonchev–Trinajstić information content (AvgIpc) is 3.07. The predicted molar refractivity (Wildman–Crippen MR) is 92.8 cm³/mol. The molecule has 0 saturated carbocycles. The van der Waals surface area contributed by atoms with Crippen molar-refractivity contribution in [3.63, 3.8) is 0 Å². The van der Waals surface area contributed by atoms with Crippen LogP contribution in [0.4, 0.5) is 5.69 Å².